The fraction of sp³-hybridized carbons (Fsp3) is 0.250. The first-order valence-electron chi connectivity index (χ1n) is 6.51. The second-order valence-electron chi connectivity index (χ2n) is 4.99. The van der Waals surface area contributed by atoms with Crippen LogP contribution in [0, 0.1) is 5.92 Å². The Morgan fingerprint density at radius 1 is 1.11 bits per heavy atom. The van der Waals surface area contributed by atoms with E-state index >= 15 is 0 Å². The number of aromatic hydroxyl groups is 1. The quantitative estimate of drug-likeness (QED) is 0.806. The zero-order valence-corrected chi connectivity index (χ0v) is 10.8. The summed E-state index contributed by atoms with van der Waals surface area (Å²) in [7, 11) is 0. The van der Waals surface area contributed by atoms with Crippen LogP contribution in [0.2, 0.25) is 0 Å². The molecule has 3 heteroatoms. The van der Waals surface area contributed by atoms with Crippen molar-refractivity contribution in [1.29, 1.82) is 0 Å². The van der Waals surface area contributed by atoms with E-state index in [4.69, 9.17) is 4.74 Å². The van der Waals surface area contributed by atoms with Crippen LogP contribution in [-0.2, 0) is 0 Å². The second-order valence-corrected chi connectivity index (χ2v) is 4.99. The Morgan fingerprint density at radius 2 is 1.84 bits per heavy atom. The van der Waals surface area contributed by atoms with Crippen LogP contribution >= 0.6 is 0 Å². The lowest BCUT2D eigenvalue weighted by atomic mass is 9.92. The van der Waals surface area contributed by atoms with Crippen LogP contribution in [0.15, 0.2) is 48.5 Å². The van der Waals surface area contributed by atoms with Crippen LogP contribution in [0.3, 0.4) is 0 Å². The van der Waals surface area contributed by atoms with Crippen molar-refractivity contribution in [2.24, 2.45) is 5.92 Å². The first-order chi connectivity index (χ1) is 9.24. The normalized spacial score (nSPS) is 21.3. The molecule has 3 nitrogen and oxygen atoms in total. The number of phenols is 1. The van der Waals surface area contributed by atoms with E-state index in [0.29, 0.717) is 12.5 Å². The van der Waals surface area contributed by atoms with Gasteiger partial charge in [0.05, 0.1) is 12.6 Å². The predicted octanol–water partition coefficient (Wildman–Crippen LogP) is 3.57. The molecule has 0 spiro atoms. The maximum atomic E-state index is 9.32. The van der Waals surface area contributed by atoms with Crippen molar-refractivity contribution < 1.29 is 9.84 Å². The standard InChI is InChI=1S/C16H17NO2/c1-11-10-19-15-5-3-2-4-14(15)16(11)17-12-6-8-13(18)9-7-12/h2-9,11,16-18H,10H2,1H3. The van der Waals surface area contributed by atoms with Crippen LogP contribution in [-0.4, -0.2) is 11.7 Å². The molecule has 0 aliphatic carbocycles. The number of phenolic OH excluding ortho intramolecular Hbond substituents is 1. The number of hydrogen-bond acceptors (Lipinski definition) is 3. The molecule has 2 aromatic rings. The Kier molecular flexibility index (Phi) is 3.03. The van der Waals surface area contributed by atoms with E-state index in [1.165, 1.54) is 5.56 Å². The minimum absolute atomic E-state index is 0.231. The zero-order valence-electron chi connectivity index (χ0n) is 10.8. The summed E-state index contributed by atoms with van der Waals surface area (Å²) in [4.78, 5) is 0. The molecule has 0 aromatic heterocycles. The van der Waals surface area contributed by atoms with Crippen LogP contribution in [0.4, 0.5) is 5.69 Å². The van der Waals surface area contributed by atoms with Gasteiger partial charge in [-0.3, -0.25) is 0 Å². The molecule has 3 rings (SSSR count). The van der Waals surface area contributed by atoms with Crippen molar-refractivity contribution in [1.82, 2.24) is 0 Å². The highest BCUT2D eigenvalue weighted by atomic mass is 16.5. The van der Waals surface area contributed by atoms with Gasteiger partial charge in [-0.2, -0.15) is 0 Å². The summed E-state index contributed by atoms with van der Waals surface area (Å²) in [5.41, 5.74) is 2.20. The molecule has 0 bridgehead atoms. The number of rotatable bonds is 2. The third-order valence-corrected chi connectivity index (χ3v) is 3.51. The number of hydrogen-bond donors (Lipinski definition) is 2. The summed E-state index contributed by atoms with van der Waals surface area (Å²) < 4.78 is 5.74. The van der Waals surface area contributed by atoms with E-state index in [-0.39, 0.29) is 11.8 Å². The summed E-state index contributed by atoms with van der Waals surface area (Å²) in [5, 5.41) is 12.8. The first-order valence-corrected chi connectivity index (χ1v) is 6.51. The summed E-state index contributed by atoms with van der Waals surface area (Å²) >= 11 is 0. The van der Waals surface area contributed by atoms with E-state index in [9.17, 15) is 5.11 Å². The Labute approximate surface area is 112 Å². The van der Waals surface area contributed by atoms with Gasteiger partial charge in [0, 0.05) is 17.2 Å². The molecule has 0 saturated carbocycles. The number of fused-ring (bicyclic) bond motifs is 1. The highest BCUT2D eigenvalue weighted by Crippen LogP contribution is 2.37. The molecule has 98 valence electrons. The summed E-state index contributed by atoms with van der Waals surface area (Å²) in [6.07, 6.45) is 0. The molecular formula is C16H17NO2. The third kappa shape index (κ3) is 2.36. The van der Waals surface area contributed by atoms with E-state index in [2.05, 4.69) is 18.3 Å². The topological polar surface area (TPSA) is 41.5 Å². The number of ether oxygens (including phenoxy) is 1. The predicted molar refractivity (Wildman–Crippen MR) is 75.6 cm³/mol. The van der Waals surface area contributed by atoms with Crippen molar-refractivity contribution in [2.75, 3.05) is 11.9 Å². The molecule has 1 heterocycles. The molecule has 0 saturated heterocycles. The van der Waals surface area contributed by atoms with Crippen molar-refractivity contribution >= 4 is 5.69 Å². The monoisotopic (exact) mass is 255 g/mol. The minimum Gasteiger partial charge on any atom is -0.508 e. The van der Waals surface area contributed by atoms with E-state index in [1.807, 2.05) is 30.3 Å². The summed E-state index contributed by atoms with van der Waals surface area (Å²) in [5.74, 6) is 1.63. The molecule has 19 heavy (non-hydrogen) atoms. The van der Waals surface area contributed by atoms with Gasteiger partial charge < -0.3 is 15.2 Å². The molecule has 1 aliphatic heterocycles. The van der Waals surface area contributed by atoms with Gasteiger partial charge in [-0.25, -0.2) is 0 Å². The van der Waals surface area contributed by atoms with Crippen LogP contribution < -0.4 is 10.1 Å². The van der Waals surface area contributed by atoms with E-state index in [1.54, 1.807) is 12.1 Å². The van der Waals surface area contributed by atoms with E-state index in [0.717, 1.165) is 11.4 Å². The molecule has 0 fully saturated rings. The smallest absolute Gasteiger partial charge is 0.124 e. The number of benzene rings is 2. The van der Waals surface area contributed by atoms with Crippen molar-refractivity contribution in [2.45, 2.75) is 13.0 Å². The van der Waals surface area contributed by atoms with Crippen molar-refractivity contribution in [3.63, 3.8) is 0 Å². The molecule has 1 aliphatic rings. The lowest BCUT2D eigenvalue weighted by Crippen LogP contribution is -2.28. The highest BCUT2D eigenvalue weighted by molar-refractivity contribution is 5.50. The molecule has 2 atom stereocenters. The van der Waals surface area contributed by atoms with Crippen LogP contribution in [0.25, 0.3) is 0 Å². The number of anilines is 1. The van der Waals surface area contributed by atoms with E-state index < -0.39 is 0 Å². The Morgan fingerprint density at radius 3 is 2.63 bits per heavy atom. The highest BCUT2D eigenvalue weighted by Gasteiger charge is 2.27. The van der Waals surface area contributed by atoms with Crippen molar-refractivity contribution in [3.05, 3.63) is 54.1 Å². The zero-order chi connectivity index (χ0) is 13.2. The Bertz CT molecular complexity index is 565. The lowest BCUT2D eigenvalue weighted by molar-refractivity contribution is 0.214. The van der Waals surface area contributed by atoms with Gasteiger partial charge in [-0.05, 0) is 30.3 Å². The fourth-order valence-electron chi connectivity index (χ4n) is 2.45. The molecule has 0 amide bonds. The maximum Gasteiger partial charge on any atom is 0.124 e. The summed E-state index contributed by atoms with van der Waals surface area (Å²) in [6, 6.07) is 15.5. The lowest BCUT2D eigenvalue weighted by Gasteiger charge is -2.32. The largest absolute Gasteiger partial charge is 0.508 e. The van der Waals surface area contributed by atoms with Gasteiger partial charge in [0.1, 0.15) is 11.5 Å². The van der Waals surface area contributed by atoms with Gasteiger partial charge in [-0.15, -0.1) is 0 Å². The SMILES string of the molecule is CC1COc2ccccc2C1Nc1ccc(O)cc1. The molecule has 2 aromatic carbocycles. The maximum absolute atomic E-state index is 9.32. The first kappa shape index (κ1) is 11.9. The second kappa shape index (κ2) is 4.84. The van der Waals surface area contributed by atoms with Gasteiger partial charge >= 0.3 is 0 Å². The average Bonchev–Trinajstić information content (AvgIpc) is 2.44. The minimum atomic E-state index is 0.231. The molecule has 2 unspecified atom stereocenters. The summed E-state index contributed by atoms with van der Waals surface area (Å²) in [6.45, 7) is 2.89. The number of para-hydroxylation sites is 1. The van der Waals surface area contributed by atoms with Gasteiger partial charge in [-0.1, -0.05) is 25.1 Å². The number of nitrogens with one attached hydrogen (secondary N) is 1. The molecule has 0 radical (unpaired) electrons. The van der Waals surface area contributed by atoms with Crippen LogP contribution in [0.5, 0.6) is 11.5 Å². The molecular weight excluding hydrogens is 238 g/mol. The average molecular weight is 255 g/mol. The van der Waals surface area contributed by atoms with Crippen LogP contribution in [0.1, 0.15) is 18.5 Å². The van der Waals surface area contributed by atoms with Gasteiger partial charge in [0.25, 0.3) is 0 Å². The Hall–Kier alpha value is -2.16. The Balaban J connectivity index is 1.89. The molecule has 2 N–H and O–H groups in total. The van der Waals surface area contributed by atoms with Gasteiger partial charge in [0.15, 0.2) is 0 Å². The van der Waals surface area contributed by atoms with Crippen molar-refractivity contribution in [3.8, 4) is 11.5 Å². The third-order valence-electron chi connectivity index (χ3n) is 3.51. The van der Waals surface area contributed by atoms with Gasteiger partial charge in [0.2, 0.25) is 0 Å². The fourth-order valence-corrected chi connectivity index (χ4v) is 2.45.